The van der Waals surface area contributed by atoms with Gasteiger partial charge in [0.05, 0.1) is 0 Å². The van der Waals surface area contributed by atoms with Crippen molar-refractivity contribution in [1.29, 1.82) is 0 Å². The van der Waals surface area contributed by atoms with Gasteiger partial charge in [-0.2, -0.15) is 18.2 Å². The Hall–Kier alpha value is -2.51. The highest BCUT2D eigenvalue weighted by molar-refractivity contribution is 6.43. The first-order valence-electron chi connectivity index (χ1n) is 5.91. The summed E-state index contributed by atoms with van der Waals surface area (Å²) in [6, 6.07) is 5.35. The molecule has 0 saturated carbocycles. The van der Waals surface area contributed by atoms with Crippen LogP contribution >= 0.6 is 0 Å². The summed E-state index contributed by atoms with van der Waals surface area (Å²) in [5.41, 5.74) is 0.403. The van der Waals surface area contributed by atoms with E-state index in [-0.39, 0.29) is 23.4 Å². The van der Waals surface area contributed by atoms with Crippen molar-refractivity contribution >= 4 is 11.6 Å². The van der Waals surface area contributed by atoms with Crippen molar-refractivity contribution in [3.8, 4) is 11.4 Å². The Bertz CT molecular complexity index is 675. The highest BCUT2D eigenvalue weighted by Gasteiger charge is 2.38. The average molecular weight is 298 g/mol. The predicted octanol–water partition coefficient (Wildman–Crippen LogP) is 2.92. The van der Waals surface area contributed by atoms with Crippen molar-refractivity contribution in [2.45, 2.75) is 19.5 Å². The minimum Gasteiger partial charge on any atom is -0.329 e. The summed E-state index contributed by atoms with van der Waals surface area (Å²) in [5, 5.41) is 3.22. The molecule has 0 unspecified atom stereocenters. The zero-order valence-electron chi connectivity index (χ0n) is 10.8. The van der Waals surface area contributed by atoms with Gasteiger partial charge >= 0.3 is 12.1 Å². The lowest BCUT2D eigenvalue weighted by Crippen LogP contribution is -2.12. The third-order valence-electron chi connectivity index (χ3n) is 2.65. The first kappa shape index (κ1) is 14.9. The standard InChI is InChI=1S/C13H9F3N2O3/c1-2-9(19)10(20)7-3-5-8(6-4-7)11-17-12(21-18-11)13(14,15)16/h3-6H,2H2,1H3. The van der Waals surface area contributed by atoms with E-state index in [0.29, 0.717) is 0 Å². The highest BCUT2D eigenvalue weighted by atomic mass is 19.4. The number of ketones is 2. The molecule has 5 nitrogen and oxygen atoms in total. The molecule has 0 saturated heterocycles. The number of alkyl halides is 3. The van der Waals surface area contributed by atoms with Crippen molar-refractivity contribution in [2.75, 3.05) is 0 Å². The van der Waals surface area contributed by atoms with Gasteiger partial charge in [-0.3, -0.25) is 9.59 Å². The lowest BCUT2D eigenvalue weighted by molar-refractivity contribution is -0.159. The van der Waals surface area contributed by atoms with E-state index in [0.717, 1.165) is 0 Å². The van der Waals surface area contributed by atoms with Crippen LogP contribution < -0.4 is 0 Å². The van der Waals surface area contributed by atoms with Crippen LogP contribution in [0.1, 0.15) is 29.6 Å². The quantitative estimate of drug-likeness (QED) is 0.641. The maximum Gasteiger partial charge on any atom is 0.471 e. The fourth-order valence-electron chi connectivity index (χ4n) is 1.55. The van der Waals surface area contributed by atoms with Gasteiger partial charge in [0.25, 0.3) is 0 Å². The molecule has 0 radical (unpaired) electrons. The Morgan fingerprint density at radius 3 is 2.29 bits per heavy atom. The van der Waals surface area contributed by atoms with Gasteiger partial charge < -0.3 is 4.52 Å². The monoisotopic (exact) mass is 298 g/mol. The Labute approximate surface area is 116 Å². The number of benzene rings is 1. The third kappa shape index (κ3) is 3.15. The Balaban J connectivity index is 2.25. The number of nitrogens with zero attached hydrogens (tertiary/aromatic N) is 2. The lowest BCUT2D eigenvalue weighted by atomic mass is 10.0. The second-order valence-corrected chi connectivity index (χ2v) is 4.10. The molecule has 1 aromatic heterocycles. The number of aromatic nitrogens is 2. The predicted molar refractivity (Wildman–Crippen MR) is 64.4 cm³/mol. The van der Waals surface area contributed by atoms with Crippen LogP contribution in [0.15, 0.2) is 28.8 Å². The Kier molecular flexibility index (Phi) is 3.88. The summed E-state index contributed by atoms with van der Waals surface area (Å²) in [4.78, 5) is 26.1. The molecule has 8 heteroatoms. The van der Waals surface area contributed by atoms with Crippen molar-refractivity contribution in [2.24, 2.45) is 0 Å². The largest absolute Gasteiger partial charge is 0.471 e. The topological polar surface area (TPSA) is 73.1 Å². The van der Waals surface area contributed by atoms with Crippen LogP contribution in [-0.4, -0.2) is 21.7 Å². The fourth-order valence-corrected chi connectivity index (χ4v) is 1.55. The van der Waals surface area contributed by atoms with E-state index in [9.17, 15) is 22.8 Å². The summed E-state index contributed by atoms with van der Waals surface area (Å²) >= 11 is 0. The number of carbonyl (C=O) groups is 2. The van der Waals surface area contributed by atoms with Crippen molar-refractivity contribution in [3.63, 3.8) is 0 Å². The van der Waals surface area contributed by atoms with Crippen LogP contribution in [0.5, 0.6) is 0 Å². The van der Waals surface area contributed by atoms with E-state index in [1.807, 2.05) is 0 Å². The highest BCUT2D eigenvalue weighted by Crippen LogP contribution is 2.29. The van der Waals surface area contributed by atoms with Crippen LogP contribution in [0.2, 0.25) is 0 Å². The molecule has 1 heterocycles. The smallest absolute Gasteiger partial charge is 0.329 e. The van der Waals surface area contributed by atoms with Crippen molar-refractivity contribution in [3.05, 3.63) is 35.7 Å². The van der Waals surface area contributed by atoms with Gasteiger partial charge in [0.1, 0.15) is 0 Å². The average Bonchev–Trinajstić information content (AvgIpc) is 2.95. The van der Waals surface area contributed by atoms with Crippen LogP contribution in [0.25, 0.3) is 11.4 Å². The van der Waals surface area contributed by atoms with Crippen molar-refractivity contribution in [1.82, 2.24) is 10.1 Å². The van der Waals surface area contributed by atoms with Crippen LogP contribution in [-0.2, 0) is 11.0 Å². The van der Waals surface area contributed by atoms with Gasteiger partial charge in [-0.05, 0) is 0 Å². The van der Waals surface area contributed by atoms with Gasteiger partial charge in [-0.25, -0.2) is 0 Å². The summed E-state index contributed by atoms with van der Waals surface area (Å²) in [6.45, 7) is 1.56. The summed E-state index contributed by atoms with van der Waals surface area (Å²) in [7, 11) is 0. The third-order valence-corrected chi connectivity index (χ3v) is 2.65. The normalized spacial score (nSPS) is 11.4. The Morgan fingerprint density at radius 2 is 1.81 bits per heavy atom. The molecule has 2 aromatic rings. The van der Waals surface area contributed by atoms with Crippen LogP contribution in [0.4, 0.5) is 13.2 Å². The second-order valence-electron chi connectivity index (χ2n) is 4.10. The van der Waals surface area contributed by atoms with Gasteiger partial charge in [0.2, 0.25) is 17.4 Å². The molecule has 21 heavy (non-hydrogen) atoms. The van der Waals surface area contributed by atoms with E-state index >= 15 is 0 Å². The minimum absolute atomic E-state index is 0.0837. The van der Waals surface area contributed by atoms with Gasteiger partial charge in [0.15, 0.2) is 0 Å². The van der Waals surface area contributed by atoms with E-state index in [1.54, 1.807) is 6.92 Å². The van der Waals surface area contributed by atoms with Crippen molar-refractivity contribution < 1.29 is 27.3 Å². The molecule has 0 fully saturated rings. The van der Waals surface area contributed by atoms with Gasteiger partial charge in [-0.15, -0.1) is 0 Å². The molecule has 0 aliphatic carbocycles. The maximum absolute atomic E-state index is 12.3. The molecular formula is C13H9F3N2O3. The zero-order chi connectivity index (χ0) is 15.6. The number of hydrogen-bond donors (Lipinski definition) is 0. The molecule has 0 spiro atoms. The van der Waals surface area contributed by atoms with E-state index in [1.165, 1.54) is 24.3 Å². The number of rotatable bonds is 4. The summed E-state index contributed by atoms with van der Waals surface area (Å²) < 4.78 is 41.1. The zero-order valence-corrected chi connectivity index (χ0v) is 10.8. The summed E-state index contributed by atoms with van der Waals surface area (Å²) in [5.74, 6) is -2.88. The first-order valence-corrected chi connectivity index (χ1v) is 5.91. The molecule has 0 bridgehead atoms. The number of halogens is 3. The number of carbonyl (C=O) groups excluding carboxylic acids is 2. The second kappa shape index (κ2) is 5.47. The molecule has 110 valence electrons. The molecular weight excluding hydrogens is 289 g/mol. The maximum atomic E-state index is 12.3. The SMILES string of the molecule is CCC(=O)C(=O)c1ccc(-c2noc(C(F)(F)F)n2)cc1. The summed E-state index contributed by atoms with van der Waals surface area (Å²) in [6.07, 6.45) is -4.63. The first-order chi connectivity index (χ1) is 9.82. The van der Waals surface area contributed by atoms with Gasteiger partial charge in [0, 0.05) is 17.5 Å². The van der Waals surface area contributed by atoms with E-state index in [4.69, 9.17) is 0 Å². The molecule has 2 rings (SSSR count). The van der Waals surface area contributed by atoms with E-state index < -0.39 is 23.6 Å². The lowest BCUT2D eigenvalue weighted by Gasteiger charge is -1.99. The van der Waals surface area contributed by atoms with Crippen LogP contribution in [0.3, 0.4) is 0 Å². The molecule has 1 aromatic carbocycles. The van der Waals surface area contributed by atoms with Crippen LogP contribution in [0, 0.1) is 0 Å². The molecule has 0 aliphatic heterocycles. The molecule has 0 atom stereocenters. The number of Topliss-reactive ketones (excluding diaryl/α,β-unsaturated/α-hetero) is 2. The molecule has 0 amide bonds. The minimum atomic E-state index is -4.71. The fraction of sp³-hybridized carbons (Fsp3) is 0.231. The molecule has 0 aliphatic rings. The van der Waals surface area contributed by atoms with Gasteiger partial charge in [-0.1, -0.05) is 36.3 Å². The van der Waals surface area contributed by atoms with E-state index in [2.05, 4.69) is 14.7 Å². The number of hydrogen-bond acceptors (Lipinski definition) is 5. The Morgan fingerprint density at radius 1 is 1.19 bits per heavy atom. The molecule has 0 N–H and O–H groups in total.